The highest BCUT2D eigenvalue weighted by atomic mass is 16.2. The number of hydrogen-bond acceptors (Lipinski definition) is 3. The minimum absolute atomic E-state index is 0.0477. The van der Waals surface area contributed by atoms with E-state index in [9.17, 15) is 14.4 Å². The van der Waals surface area contributed by atoms with Crippen LogP contribution >= 0.6 is 0 Å². The van der Waals surface area contributed by atoms with Crippen molar-refractivity contribution >= 4 is 23.4 Å². The first-order valence-corrected chi connectivity index (χ1v) is 10.7. The molecule has 2 fully saturated rings. The van der Waals surface area contributed by atoms with E-state index in [2.05, 4.69) is 10.6 Å². The lowest BCUT2D eigenvalue weighted by Crippen LogP contribution is -2.46. The molecule has 29 heavy (non-hydrogen) atoms. The number of rotatable bonds is 5. The van der Waals surface area contributed by atoms with Crippen LogP contribution in [0.4, 0.5) is 5.69 Å². The molecule has 1 aliphatic carbocycles. The van der Waals surface area contributed by atoms with Gasteiger partial charge in [0, 0.05) is 36.0 Å². The fraction of sp³-hybridized carbons (Fsp3) is 0.609. The summed E-state index contributed by atoms with van der Waals surface area (Å²) in [5, 5.41) is 6.03. The lowest BCUT2D eigenvalue weighted by atomic mass is 9.90. The fourth-order valence-electron chi connectivity index (χ4n) is 3.68. The lowest BCUT2D eigenvalue weighted by molar-refractivity contribution is -0.142. The summed E-state index contributed by atoms with van der Waals surface area (Å²) >= 11 is 0. The van der Waals surface area contributed by atoms with E-state index < -0.39 is 0 Å². The van der Waals surface area contributed by atoms with Crippen LogP contribution in [0, 0.1) is 17.3 Å². The molecule has 3 amide bonds. The predicted molar refractivity (Wildman–Crippen MR) is 113 cm³/mol. The summed E-state index contributed by atoms with van der Waals surface area (Å²) in [7, 11) is 0. The first-order valence-electron chi connectivity index (χ1n) is 10.7. The van der Waals surface area contributed by atoms with E-state index in [4.69, 9.17) is 0 Å². The number of nitrogens with zero attached hydrogens (tertiary/aromatic N) is 1. The van der Waals surface area contributed by atoms with Crippen LogP contribution in [-0.4, -0.2) is 35.7 Å². The summed E-state index contributed by atoms with van der Waals surface area (Å²) in [5.41, 5.74) is 1.41. The normalized spacial score (nSPS) is 18.8. The smallest absolute Gasteiger partial charge is 0.227 e. The Bertz CT molecular complexity index is 755. The average Bonchev–Trinajstić information content (AvgIpc) is 3.52. The highest BCUT2D eigenvalue weighted by molar-refractivity contribution is 5.94. The highest BCUT2D eigenvalue weighted by Gasteiger charge is 2.33. The molecule has 1 heterocycles. The van der Waals surface area contributed by atoms with Crippen LogP contribution in [-0.2, 0) is 14.4 Å². The van der Waals surface area contributed by atoms with Crippen molar-refractivity contribution in [3.63, 3.8) is 0 Å². The molecule has 2 N–H and O–H groups in total. The third-order valence-corrected chi connectivity index (χ3v) is 5.78. The molecule has 1 saturated carbocycles. The van der Waals surface area contributed by atoms with Gasteiger partial charge >= 0.3 is 0 Å². The number of anilines is 1. The molecule has 0 aromatic heterocycles. The van der Waals surface area contributed by atoms with E-state index in [1.165, 1.54) is 0 Å². The molecule has 0 radical (unpaired) electrons. The summed E-state index contributed by atoms with van der Waals surface area (Å²) in [6.07, 6.45) is 3.37. The third kappa shape index (κ3) is 5.58. The van der Waals surface area contributed by atoms with E-state index >= 15 is 0 Å². The average molecular weight is 400 g/mol. The maximum absolute atomic E-state index is 12.7. The number of hydrogen-bond donors (Lipinski definition) is 2. The summed E-state index contributed by atoms with van der Waals surface area (Å²) < 4.78 is 0. The van der Waals surface area contributed by atoms with E-state index in [1.54, 1.807) is 0 Å². The Balaban J connectivity index is 1.48. The Labute approximate surface area is 173 Å². The van der Waals surface area contributed by atoms with Gasteiger partial charge in [-0.05, 0) is 50.3 Å². The van der Waals surface area contributed by atoms with Crippen LogP contribution < -0.4 is 10.6 Å². The van der Waals surface area contributed by atoms with Crippen LogP contribution in [0.5, 0.6) is 0 Å². The monoisotopic (exact) mass is 399 g/mol. The van der Waals surface area contributed by atoms with Crippen molar-refractivity contribution in [3.05, 3.63) is 29.8 Å². The van der Waals surface area contributed by atoms with Crippen molar-refractivity contribution < 1.29 is 14.4 Å². The molecule has 1 aromatic carbocycles. The van der Waals surface area contributed by atoms with E-state index in [0.717, 1.165) is 24.1 Å². The lowest BCUT2D eigenvalue weighted by Gasteiger charge is -2.35. The minimum atomic E-state index is -0.381. The fourth-order valence-corrected chi connectivity index (χ4v) is 3.68. The first-order chi connectivity index (χ1) is 13.6. The van der Waals surface area contributed by atoms with Crippen LogP contribution in [0.2, 0.25) is 0 Å². The summed E-state index contributed by atoms with van der Waals surface area (Å²) in [6.45, 7) is 9.03. The largest absolute Gasteiger partial charge is 0.349 e. The number of benzene rings is 1. The maximum Gasteiger partial charge on any atom is 0.227 e. The molecule has 1 saturated heterocycles. The van der Waals surface area contributed by atoms with Crippen LogP contribution in [0.1, 0.15) is 65.0 Å². The summed E-state index contributed by atoms with van der Waals surface area (Å²) in [4.78, 5) is 38.8. The Hall–Kier alpha value is -2.37. The number of carbonyl (C=O) groups is 3. The third-order valence-electron chi connectivity index (χ3n) is 5.78. The maximum atomic E-state index is 12.7. The zero-order valence-corrected chi connectivity index (χ0v) is 18.0. The number of nitrogens with one attached hydrogen (secondary N) is 2. The topological polar surface area (TPSA) is 78.5 Å². The highest BCUT2D eigenvalue weighted by Crippen LogP contribution is 2.30. The summed E-state index contributed by atoms with van der Waals surface area (Å²) in [6, 6.07) is 7.55. The van der Waals surface area contributed by atoms with Gasteiger partial charge in [0.2, 0.25) is 17.7 Å². The van der Waals surface area contributed by atoms with Crippen molar-refractivity contribution in [3.8, 4) is 0 Å². The minimum Gasteiger partial charge on any atom is -0.349 e. The van der Waals surface area contributed by atoms with Crippen LogP contribution in [0.3, 0.4) is 0 Å². The van der Waals surface area contributed by atoms with Crippen molar-refractivity contribution in [2.24, 2.45) is 17.3 Å². The molecule has 6 heteroatoms. The SMILES string of the molecule is CC(NC(=O)C1CCN(C(=O)C(C)(C)C)CC1)c1ccc(NC(=O)C2CC2)cc1. The molecular formula is C23H33N3O3. The van der Waals surface area contributed by atoms with Crippen molar-refractivity contribution in [2.45, 2.75) is 59.4 Å². The quantitative estimate of drug-likeness (QED) is 0.795. The first kappa shape index (κ1) is 21.3. The second-order valence-corrected chi connectivity index (χ2v) is 9.43. The second kappa shape index (κ2) is 8.56. The second-order valence-electron chi connectivity index (χ2n) is 9.43. The molecule has 0 spiro atoms. The van der Waals surface area contributed by atoms with Gasteiger partial charge in [0.15, 0.2) is 0 Å². The molecule has 1 atom stereocenters. The van der Waals surface area contributed by atoms with E-state index in [0.29, 0.717) is 25.9 Å². The molecule has 158 valence electrons. The Morgan fingerprint density at radius 2 is 1.48 bits per heavy atom. The van der Waals surface area contributed by atoms with Crippen molar-refractivity contribution in [1.29, 1.82) is 0 Å². The zero-order chi connectivity index (χ0) is 21.2. The molecule has 3 rings (SSSR count). The molecule has 1 aliphatic heterocycles. The Morgan fingerprint density at radius 1 is 0.931 bits per heavy atom. The van der Waals surface area contributed by atoms with Gasteiger partial charge < -0.3 is 15.5 Å². The Kier molecular flexibility index (Phi) is 6.30. The number of carbonyl (C=O) groups excluding carboxylic acids is 3. The molecule has 0 bridgehead atoms. The number of amides is 3. The van der Waals surface area contributed by atoms with Crippen LogP contribution in [0.15, 0.2) is 24.3 Å². The molecule has 1 aromatic rings. The zero-order valence-electron chi connectivity index (χ0n) is 18.0. The van der Waals surface area contributed by atoms with Gasteiger partial charge in [-0.1, -0.05) is 32.9 Å². The predicted octanol–water partition coefficient (Wildman–Crippen LogP) is 3.50. The van der Waals surface area contributed by atoms with Crippen molar-refractivity contribution in [1.82, 2.24) is 10.2 Å². The number of likely N-dealkylation sites (tertiary alicyclic amines) is 1. The van der Waals surface area contributed by atoms with Crippen molar-refractivity contribution in [2.75, 3.05) is 18.4 Å². The summed E-state index contributed by atoms with van der Waals surface area (Å²) in [5.74, 6) is 0.414. The van der Waals surface area contributed by atoms with Crippen LogP contribution in [0.25, 0.3) is 0 Å². The van der Waals surface area contributed by atoms with Gasteiger partial charge in [-0.15, -0.1) is 0 Å². The number of piperidine rings is 1. The van der Waals surface area contributed by atoms with Gasteiger partial charge in [0.05, 0.1) is 6.04 Å². The molecule has 6 nitrogen and oxygen atoms in total. The molecule has 1 unspecified atom stereocenters. The van der Waals surface area contributed by atoms with Gasteiger partial charge in [0.1, 0.15) is 0 Å². The standard InChI is InChI=1S/C23H33N3O3/c1-15(16-7-9-19(10-8-16)25-21(28)17-5-6-17)24-20(27)18-11-13-26(14-12-18)22(29)23(2,3)4/h7-10,15,17-18H,5-6,11-14H2,1-4H3,(H,24,27)(H,25,28). The van der Waals surface area contributed by atoms with Gasteiger partial charge in [-0.2, -0.15) is 0 Å². The van der Waals surface area contributed by atoms with E-state index in [-0.39, 0.29) is 41.0 Å². The van der Waals surface area contributed by atoms with Gasteiger partial charge in [-0.3, -0.25) is 14.4 Å². The van der Waals surface area contributed by atoms with Gasteiger partial charge in [-0.25, -0.2) is 0 Å². The Morgan fingerprint density at radius 3 is 2.00 bits per heavy atom. The molecular weight excluding hydrogens is 366 g/mol. The molecule has 2 aliphatic rings. The van der Waals surface area contributed by atoms with Gasteiger partial charge in [0.25, 0.3) is 0 Å². The van der Waals surface area contributed by atoms with E-state index in [1.807, 2.05) is 56.9 Å².